The first-order valence-corrected chi connectivity index (χ1v) is 10.8. The highest BCUT2D eigenvalue weighted by Gasteiger charge is 2.30. The van der Waals surface area contributed by atoms with Gasteiger partial charge in [0.2, 0.25) is 0 Å². The van der Waals surface area contributed by atoms with Crippen LogP contribution in [-0.2, 0) is 9.84 Å². The van der Waals surface area contributed by atoms with Crippen LogP contribution in [0.4, 0.5) is 0 Å². The lowest BCUT2D eigenvalue weighted by Crippen LogP contribution is -2.35. The zero-order valence-corrected chi connectivity index (χ0v) is 16.1. The number of hydrogen-bond acceptors (Lipinski definition) is 5. The third kappa shape index (κ3) is 3.41. The molecule has 0 saturated carbocycles. The number of amides is 1. The van der Waals surface area contributed by atoms with Crippen molar-refractivity contribution in [3.8, 4) is 17.2 Å². The third-order valence-electron chi connectivity index (χ3n) is 5.03. The molecule has 1 atom stereocenters. The van der Waals surface area contributed by atoms with Crippen LogP contribution in [0, 0.1) is 13.8 Å². The van der Waals surface area contributed by atoms with Crippen molar-refractivity contribution >= 4 is 15.7 Å². The lowest BCUT2D eigenvalue weighted by Gasteiger charge is -2.20. The van der Waals surface area contributed by atoms with Crippen molar-refractivity contribution < 1.29 is 22.7 Å². The number of sulfone groups is 1. The monoisotopic (exact) mass is 390 g/mol. The normalized spacial score (nSPS) is 20.4. The Morgan fingerprint density at radius 2 is 1.89 bits per heavy atom. The molecule has 1 amide bonds. The van der Waals surface area contributed by atoms with Crippen LogP contribution < -0.4 is 14.8 Å². The second kappa shape index (κ2) is 6.60. The van der Waals surface area contributed by atoms with Gasteiger partial charge in [-0.25, -0.2) is 8.42 Å². The molecule has 0 spiro atoms. The maximum atomic E-state index is 12.7. The van der Waals surface area contributed by atoms with Gasteiger partial charge in [-0.2, -0.15) is 0 Å². The quantitative estimate of drug-likeness (QED) is 0.863. The highest BCUT2D eigenvalue weighted by atomic mass is 32.2. The molecular formula is C19H22N2O5S. The molecule has 0 unspecified atom stereocenters. The average molecular weight is 390 g/mol. The molecule has 1 saturated heterocycles. The van der Waals surface area contributed by atoms with Crippen LogP contribution in [0.5, 0.6) is 11.5 Å². The molecule has 8 heteroatoms. The van der Waals surface area contributed by atoms with Gasteiger partial charge in [0, 0.05) is 29.2 Å². The number of ether oxygens (including phenoxy) is 2. The Morgan fingerprint density at radius 1 is 1.15 bits per heavy atom. The fraction of sp³-hybridized carbons (Fsp3) is 0.421. The van der Waals surface area contributed by atoms with Crippen LogP contribution in [0.2, 0.25) is 0 Å². The molecule has 144 valence electrons. The molecule has 2 aliphatic heterocycles. The Labute approximate surface area is 158 Å². The number of benzene rings is 1. The SMILES string of the molecule is Cc1cc(C(=O)N[C@H]2CCS(=O)(=O)C2)c(C)n1-c1ccc2c(c1)OCCO2. The van der Waals surface area contributed by atoms with Gasteiger partial charge in [-0.3, -0.25) is 4.79 Å². The molecule has 0 aliphatic carbocycles. The summed E-state index contributed by atoms with van der Waals surface area (Å²) in [6.07, 6.45) is 0.467. The number of fused-ring (bicyclic) bond motifs is 1. The Morgan fingerprint density at radius 3 is 2.59 bits per heavy atom. The predicted octanol–water partition coefficient (Wildman–Crippen LogP) is 1.78. The van der Waals surface area contributed by atoms with Crippen LogP contribution in [0.1, 0.15) is 28.2 Å². The maximum absolute atomic E-state index is 12.7. The smallest absolute Gasteiger partial charge is 0.253 e. The van der Waals surface area contributed by atoms with Gasteiger partial charge in [-0.15, -0.1) is 0 Å². The summed E-state index contributed by atoms with van der Waals surface area (Å²) < 4.78 is 36.4. The third-order valence-corrected chi connectivity index (χ3v) is 6.80. The summed E-state index contributed by atoms with van der Waals surface area (Å²) in [7, 11) is -3.03. The highest BCUT2D eigenvalue weighted by molar-refractivity contribution is 7.91. The summed E-state index contributed by atoms with van der Waals surface area (Å²) in [5.74, 6) is 1.31. The van der Waals surface area contributed by atoms with E-state index in [1.54, 1.807) is 0 Å². The molecule has 7 nitrogen and oxygen atoms in total. The van der Waals surface area contributed by atoms with E-state index in [9.17, 15) is 13.2 Å². The number of nitrogens with one attached hydrogen (secondary N) is 1. The van der Waals surface area contributed by atoms with Crippen molar-refractivity contribution in [2.75, 3.05) is 24.7 Å². The van der Waals surface area contributed by atoms with Gasteiger partial charge in [0.15, 0.2) is 21.3 Å². The summed E-state index contributed by atoms with van der Waals surface area (Å²) in [4.78, 5) is 12.7. The Kier molecular flexibility index (Phi) is 4.38. The van der Waals surface area contributed by atoms with Gasteiger partial charge in [0.25, 0.3) is 5.91 Å². The first-order chi connectivity index (χ1) is 12.8. The van der Waals surface area contributed by atoms with Crippen molar-refractivity contribution in [2.24, 2.45) is 0 Å². The second-order valence-corrected chi connectivity index (χ2v) is 9.25. The standard InChI is InChI=1S/C19H22N2O5S/c1-12-9-16(19(22)20-14-5-8-27(23,24)11-14)13(2)21(12)15-3-4-17-18(10-15)26-7-6-25-17/h3-4,9-10,14H,5-8,11H2,1-2H3,(H,20,22)/t14-/m0/s1. The van der Waals surface area contributed by atoms with Crippen molar-refractivity contribution in [2.45, 2.75) is 26.3 Å². The van der Waals surface area contributed by atoms with Gasteiger partial charge in [-0.1, -0.05) is 0 Å². The maximum Gasteiger partial charge on any atom is 0.253 e. The molecule has 2 aliphatic rings. The van der Waals surface area contributed by atoms with E-state index < -0.39 is 9.84 Å². The summed E-state index contributed by atoms with van der Waals surface area (Å²) in [5.41, 5.74) is 3.14. The first kappa shape index (κ1) is 17.9. The summed E-state index contributed by atoms with van der Waals surface area (Å²) >= 11 is 0. The zero-order valence-electron chi connectivity index (χ0n) is 15.3. The molecule has 2 aromatic rings. The van der Waals surface area contributed by atoms with Gasteiger partial charge in [0.05, 0.1) is 17.1 Å². The molecule has 1 aromatic heterocycles. The van der Waals surface area contributed by atoms with E-state index in [4.69, 9.17) is 9.47 Å². The topological polar surface area (TPSA) is 86.6 Å². The number of rotatable bonds is 3. The van der Waals surface area contributed by atoms with Crippen molar-refractivity contribution in [1.82, 2.24) is 9.88 Å². The first-order valence-electron chi connectivity index (χ1n) is 8.94. The average Bonchev–Trinajstić information content (AvgIpc) is 3.12. The summed E-state index contributed by atoms with van der Waals surface area (Å²) in [5, 5.41) is 2.86. The van der Waals surface area contributed by atoms with Crippen LogP contribution in [0.25, 0.3) is 5.69 Å². The number of carbonyl (C=O) groups excluding carboxylic acids is 1. The number of hydrogen-bond donors (Lipinski definition) is 1. The number of carbonyl (C=O) groups is 1. The second-order valence-electron chi connectivity index (χ2n) is 7.02. The van der Waals surface area contributed by atoms with E-state index >= 15 is 0 Å². The Balaban J connectivity index is 1.61. The van der Waals surface area contributed by atoms with E-state index in [-0.39, 0.29) is 23.5 Å². The minimum absolute atomic E-state index is 0.0135. The van der Waals surface area contributed by atoms with Crippen molar-refractivity contribution in [1.29, 1.82) is 0 Å². The lowest BCUT2D eigenvalue weighted by molar-refractivity contribution is 0.0940. The van der Waals surface area contributed by atoms with E-state index in [1.807, 2.05) is 42.7 Å². The van der Waals surface area contributed by atoms with Crippen LogP contribution >= 0.6 is 0 Å². The fourth-order valence-electron chi connectivity index (χ4n) is 3.73. The zero-order chi connectivity index (χ0) is 19.2. The lowest BCUT2D eigenvalue weighted by atomic mass is 10.2. The van der Waals surface area contributed by atoms with Gasteiger partial charge in [-0.05, 0) is 38.5 Å². The van der Waals surface area contributed by atoms with Crippen LogP contribution in [-0.4, -0.2) is 49.7 Å². The predicted molar refractivity (Wildman–Crippen MR) is 101 cm³/mol. The summed E-state index contributed by atoms with van der Waals surface area (Å²) in [6, 6.07) is 7.20. The van der Waals surface area contributed by atoms with Gasteiger partial charge in [0.1, 0.15) is 13.2 Å². The van der Waals surface area contributed by atoms with Crippen molar-refractivity contribution in [3.05, 3.63) is 41.2 Å². The van der Waals surface area contributed by atoms with Crippen LogP contribution in [0.15, 0.2) is 24.3 Å². The Bertz CT molecular complexity index is 1010. The minimum Gasteiger partial charge on any atom is -0.486 e. The molecular weight excluding hydrogens is 368 g/mol. The Hall–Kier alpha value is -2.48. The molecule has 3 heterocycles. The van der Waals surface area contributed by atoms with Crippen LogP contribution in [0.3, 0.4) is 0 Å². The molecule has 1 fully saturated rings. The molecule has 0 bridgehead atoms. The summed E-state index contributed by atoms with van der Waals surface area (Å²) in [6.45, 7) is 4.86. The number of nitrogens with zero attached hydrogens (tertiary/aromatic N) is 1. The minimum atomic E-state index is -3.03. The van der Waals surface area contributed by atoms with Gasteiger partial charge < -0.3 is 19.4 Å². The van der Waals surface area contributed by atoms with Crippen molar-refractivity contribution in [3.63, 3.8) is 0 Å². The van der Waals surface area contributed by atoms with Gasteiger partial charge >= 0.3 is 0 Å². The molecule has 1 aromatic carbocycles. The largest absolute Gasteiger partial charge is 0.486 e. The van der Waals surface area contributed by atoms with E-state index in [1.165, 1.54) is 0 Å². The number of aromatic nitrogens is 1. The van der Waals surface area contributed by atoms with E-state index in [2.05, 4.69) is 5.32 Å². The number of aryl methyl sites for hydroxylation is 1. The molecule has 1 N–H and O–H groups in total. The molecule has 27 heavy (non-hydrogen) atoms. The fourth-order valence-corrected chi connectivity index (χ4v) is 5.41. The molecule has 4 rings (SSSR count). The van der Waals surface area contributed by atoms with E-state index in [0.29, 0.717) is 36.7 Å². The highest BCUT2D eigenvalue weighted by Crippen LogP contribution is 2.33. The molecule has 0 radical (unpaired) electrons. The van der Waals surface area contributed by atoms with E-state index in [0.717, 1.165) is 17.1 Å².